The second-order valence-corrected chi connectivity index (χ2v) is 6.01. The summed E-state index contributed by atoms with van der Waals surface area (Å²) in [6.07, 6.45) is 0. The summed E-state index contributed by atoms with van der Waals surface area (Å²) in [7, 11) is 0. The van der Waals surface area contributed by atoms with Crippen molar-refractivity contribution >= 4 is 16.9 Å². The van der Waals surface area contributed by atoms with Gasteiger partial charge in [0, 0.05) is 12.7 Å². The smallest absolute Gasteiger partial charge is 0.185 e. The number of ether oxygens (including phenoxy) is 6. The second-order valence-electron chi connectivity index (χ2n) is 4.74. The molecule has 0 radical (unpaired) electrons. The van der Waals surface area contributed by atoms with Crippen LogP contribution in [0.15, 0.2) is 0 Å². The Morgan fingerprint density at radius 3 is 1.28 bits per heavy atom. The number of aliphatic hydroxyl groups is 1. The maximum absolute atomic E-state index is 10.7. The molecule has 0 aliphatic carbocycles. The molecule has 0 atom stereocenters. The van der Waals surface area contributed by atoms with Crippen molar-refractivity contribution in [3.05, 3.63) is 0 Å². The number of hydrogen-bond acceptors (Lipinski definition) is 9. The van der Waals surface area contributed by atoms with Crippen LogP contribution in [0.3, 0.4) is 0 Å². The van der Waals surface area contributed by atoms with E-state index < -0.39 is 0 Å². The normalized spacial score (nSPS) is 11.1. The maximum Gasteiger partial charge on any atom is 0.185 e. The van der Waals surface area contributed by atoms with E-state index in [4.69, 9.17) is 33.5 Å². The van der Waals surface area contributed by atoms with Crippen molar-refractivity contribution in [3.8, 4) is 0 Å². The summed E-state index contributed by atoms with van der Waals surface area (Å²) in [5, 5.41) is 8.61. The average Bonchev–Trinajstić information content (AvgIpc) is 2.60. The Balaban J connectivity index is 2.97. The average molecular weight is 384 g/mol. The number of carbonyl (C=O) groups excluding carboxylic acids is 1. The number of rotatable bonds is 20. The number of carbonyl (C=O) groups is 1. The van der Waals surface area contributed by atoms with Gasteiger partial charge in [0.15, 0.2) is 5.12 Å². The van der Waals surface area contributed by atoms with Gasteiger partial charge >= 0.3 is 0 Å². The molecule has 0 saturated carbocycles. The van der Waals surface area contributed by atoms with Crippen LogP contribution in [-0.2, 0) is 33.2 Å². The molecule has 0 bridgehead atoms. The monoisotopic (exact) mass is 384 g/mol. The van der Waals surface area contributed by atoms with Crippen molar-refractivity contribution in [3.63, 3.8) is 0 Å². The van der Waals surface area contributed by atoms with Crippen LogP contribution in [-0.4, -0.2) is 102 Å². The van der Waals surface area contributed by atoms with Gasteiger partial charge in [-0.25, -0.2) is 0 Å². The summed E-state index contributed by atoms with van der Waals surface area (Å²) in [4.78, 5) is 10.7. The molecule has 25 heavy (non-hydrogen) atoms. The topological polar surface area (TPSA) is 92.7 Å². The lowest BCUT2D eigenvalue weighted by Crippen LogP contribution is -2.14. The van der Waals surface area contributed by atoms with Gasteiger partial charge in [-0.2, -0.15) is 0 Å². The van der Waals surface area contributed by atoms with E-state index >= 15 is 0 Å². The molecule has 0 aliphatic heterocycles. The first-order valence-electron chi connectivity index (χ1n) is 8.48. The first kappa shape index (κ1) is 24.7. The van der Waals surface area contributed by atoms with Crippen LogP contribution < -0.4 is 0 Å². The van der Waals surface area contributed by atoms with E-state index in [1.165, 1.54) is 11.8 Å². The third-order valence-corrected chi connectivity index (χ3v) is 3.41. The van der Waals surface area contributed by atoms with Crippen molar-refractivity contribution in [2.24, 2.45) is 0 Å². The summed E-state index contributed by atoms with van der Waals surface area (Å²) >= 11 is 1.26. The Bertz CT molecular complexity index is 281. The molecule has 0 aromatic carbocycles. The third-order valence-electron chi connectivity index (χ3n) is 2.63. The summed E-state index contributed by atoms with van der Waals surface area (Å²) in [5.74, 6) is 0.682. The quantitative estimate of drug-likeness (QED) is 0.299. The molecule has 0 fully saturated rings. The molecule has 0 rings (SSSR count). The molecule has 0 saturated heterocycles. The molecule has 1 N–H and O–H groups in total. The van der Waals surface area contributed by atoms with E-state index in [9.17, 15) is 4.79 Å². The van der Waals surface area contributed by atoms with Crippen LogP contribution >= 0.6 is 11.8 Å². The summed E-state index contributed by atoms with van der Waals surface area (Å²) in [6, 6.07) is 0. The first-order chi connectivity index (χ1) is 12.3. The molecule has 8 nitrogen and oxygen atoms in total. The van der Waals surface area contributed by atoms with E-state index in [2.05, 4.69) is 0 Å². The van der Waals surface area contributed by atoms with Crippen LogP contribution in [0.1, 0.15) is 6.92 Å². The van der Waals surface area contributed by atoms with Crippen molar-refractivity contribution < 1.29 is 38.3 Å². The van der Waals surface area contributed by atoms with E-state index in [1.807, 2.05) is 0 Å². The van der Waals surface area contributed by atoms with Gasteiger partial charge in [-0.3, -0.25) is 4.79 Å². The molecular weight excluding hydrogens is 352 g/mol. The lowest BCUT2D eigenvalue weighted by atomic mass is 10.7. The van der Waals surface area contributed by atoms with Gasteiger partial charge in [-0.15, -0.1) is 0 Å². The van der Waals surface area contributed by atoms with Crippen LogP contribution in [0, 0.1) is 0 Å². The molecule has 0 amide bonds. The molecule has 9 heteroatoms. The van der Waals surface area contributed by atoms with Crippen LogP contribution in [0.4, 0.5) is 0 Å². The largest absolute Gasteiger partial charge is 0.394 e. The highest BCUT2D eigenvalue weighted by Gasteiger charge is 1.95. The van der Waals surface area contributed by atoms with Crippen molar-refractivity contribution in [2.45, 2.75) is 6.92 Å². The Kier molecular flexibility index (Phi) is 21.6. The van der Waals surface area contributed by atoms with Crippen molar-refractivity contribution in [1.29, 1.82) is 0 Å². The van der Waals surface area contributed by atoms with Gasteiger partial charge in [0.2, 0.25) is 0 Å². The SMILES string of the molecule is CC(=O)SCCOCCOCCOCCOCCOCCOCCO. The highest BCUT2D eigenvalue weighted by Crippen LogP contribution is 1.99. The van der Waals surface area contributed by atoms with Crippen LogP contribution in [0.25, 0.3) is 0 Å². The number of aliphatic hydroxyl groups excluding tert-OH is 1. The van der Waals surface area contributed by atoms with Gasteiger partial charge in [-0.05, 0) is 0 Å². The van der Waals surface area contributed by atoms with Gasteiger partial charge in [-0.1, -0.05) is 11.8 Å². The molecule has 150 valence electrons. The maximum atomic E-state index is 10.7. The minimum atomic E-state index is 0.0311. The third kappa shape index (κ3) is 23.7. The summed E-state index contributed by atoms with van der Waals surface area (Å²) < 4.78 is 31.7. The van der Waals surface area contributed by atoms with Crippen LogP contribution in [0.5, 0.6) is 0 Å². The second kappa shape index (κ2) is 21.8. The standard InChI is InChI=1S/C16H32O8S/c1-16(18)25-15-14-24-13-12-23-11-10-22-9-8-21-7-6-20-5-4-19-3-2-17/h17H,2-15H2,1H3. The minimum absolute atomic E-state index is 0.0311. The highest BCUT2D eigenvalue weighted by molar-refractivity contribution is 8.13. The Morgan fingerprint density at radius 2 is 0.960 bits per heavy atom. The highest BCUT2D eigenvalue weighted by atomic mass is 32.2. The van der Waals surface area contributed by atoms with Gasteiger partial charge in [0.25, 0.3) is 0 Å². The van der Waals surface area contributed by atoms with Crippen molar-refractivity contribution in [1.82, 2.24) is 0 Å². The fourth-order valence-corrected chi connectivity index (χ4v) is 2.00. The Hall–Kier alpha value is -0.260. The van der Waals surface area contributed by atoms with Gasteiger partial charge < -0.3 is 33.5 Å². The Labute approximate surface area is 154 Å². The van der Waals surface area contributed by atoms with E-state index in [0.717, 1.165) is 0 Å². The zero-order valence-electron chi connectivity index (χ0n) is 15.1. The van der Waals surface area contributed by atoms with E-state index in [1.54, 1.807) is 6.92 Å². The molecule has 0 aromatic heterocycles. The first-order valence-corrected chi connectivity index (χ1v) is 9.46. The predicted molar refractivity (Wildman–Crippen MR) is 95.1 cm³/mol. The molecule has 0 heterocycles. The zero-order chi connectivity index (χ0) is 18.4. The minimum Gasteiger partial charge on any atom is -0.394 e. The summed E-state index contributed by atoms with van der Waals surface area (Å²) in [6.45, 7) is 7.58. The molecular formula is C16H32O8S. The van der Waals surface area contributed by atoms with Gasteiger partial charge in [0.1, 0.15) is 0 Å². The van der Waals surface area contributed by atoms with Gasteiger partial charge in [0.05, 0.1) is 85.9 Å². The van der Waals surface area contributed by atoms with E-state index in [-0.39, 0.29) is 11.7 Å². The molecule has 0 unspecified atom stereocenters. The lowest BCUT2D eigenvalue weighted by Gasteiger charge is -2.08. The fraction of sp³-hybridized carbons (Fsp3) is 0.938. The van der Waals surface area contributed by atoms with E-state index in [0.29, 0.717) is 85.0 Å². The van der Waals surface area contributed by atoms with Crippen molar-refractivity contribution in [2.75, 3.05) is 91.6 Å². The molecule has 0 spiro atoms. The number of thioether (sulfide) groups is 1. The Morgan fingerprint density at radius 1 is 0.640 bits per heavy atom. The fourth-order valence-electron chi connectivity index (χ4n) is 1.51. The lowest BCUT2D eigenvalue weighted by molar-refractivity contribution is -0.109. The van der Waals surface area contributed by atoms with Crippen LogP contribution in [0.2, 0.25) is 0 Å². The molecule has 0 aromatic rings. The number of hydrogen-bond donors (Lipinski definition) is 1. The zero-order valence-corrected chi connectivity index (χ0v) is 15.9. The summed E-state index contributed by atoms with van der Waals surface area (Å²) in [5.41, 5.74) is 0. The predicted octanol–water partition coefficient (Wildman–Crippen LogP) is 0.358. The molecule has 0 aliphatic rings.